The number of hydrogen-bond donors (Lipinski definition) is 1. The first-order valence-corrected chi connectivity index (χ1v) is 12.1. The van der Waals surface area contributed by atoms with Gasteiger partial charge < -0.3 is 14.6 Å². The maximum absolute atomic E-state index is 13.4. The van der Waals surface area contributed by atoms with Crippen molar-refractivity contribution < 1.29 is 14.3 Å². The summed E-state index contributed by atoms with van der Waals surface area (Å²) >= 11 is 7.13. The van der Waals surface area contributed by atoms with Crippen LogP contribution in [0.2, 0.25) is 5.02 Å². The number of hydrogen-bond acceptors (Lipinski definition) is 6. The van der Waals surface area contributed by atoms with Crippen LogP contribution in [0.4, 0.5) is 4.39 Å². The third kappa shape index (κ3) is 4.30. The van der Waals surface area contributed by atoms with E-state index in [1.54, 1.807) is 29.1 Å². The molecule has 4 heterocycles. The zero-order chi connectivity index (χ0) is 23.8. The summed E-state index contributed by atoms with van der Waals surface area (Å²) in [5, 5.41) is 10.9. The monoisotopic (exact) mass is 501 g/mol. The quantitative estimate of drug-likeness (QED) is 0.450. The number of imidazole rings is 1. The van der Waals surface area contributed by atoms with Crippen LogP contribution >= 0.6 is 22.9 Å². The lowest BCUT2D eigenvalue weighted by atomic mass is 10.1. The van der Waals surface area contributed by atoms with Crippen LogP contribution in [-0.2, 0) is 17.8 Å². The molecule has 1 aliphatic heterocycles. The molecular formula is C23H21ClFN5O3S. The molecule has 1 aromatic carbocycles. The van der Waals surface area contributed by atoms with Gasteiger partial charge in [0.25, 0.3) is 0 Å². The number of benzene rings is 1. The van der Waals surface area contributed by atoms with Gasteiger partial charge >= 0.3 is 5.56 Å². The Kier molecular flexibility index (Phi) is 6.09. The van der Waals surface area contributed by atoms with Gasteiger partial charge in [-0.2, -0.15) is 0 Å². The third-order valence-electron chi connectivity index (χ3n) is 5.86. The molecule has 1 amide bonds. The van der Waals surface area contributed by atoms with Crippen molar-refractivity contribution in [3.63, 3.8) is 0 Å². The second-order valence-corrected chi connectivity index (χ2v) is 9.73. The second-order valence-electron chi connectivity index (χ2n) is 8.21. The molecule has 11 heteroatoms. The zero-order valence-electron chi connectivity index (χ0n) is 18.1. The second kappa shape index (κ2) is 9.19. The highest BCUT2D eigenvalue weighted by Crippen LogP contribution is 2.30. The minimum absolute atomic E-state index is 0.0313. The number of likely N-dealkylation sites (tertiary alicyclic amines) is 1. The summed E-state index contributed by atoms with van der Waals surface area (Å²) in [6.07, 6.45) is 8.29. The predicted molar refractivity (Wildman–Crippen MR) is 127 cm³/mol. The molecule has 0 spiro atoms. The van der Waals surface area contributed by atoms with Gasteiger partial charge in [0.2, 0.25) is 17.4 Å². The molecule has 0 bridgehead atoms. The number of amides is 1. The van der Waals surface area contributed by atoms with E-state index in [2.05, 4.69) is 9.97 Å². The minimum atomic E-state index is -0.633. The number of aromatic nitrogens is 4. The van der Waals surface area contributed by atoms with Crippen LogP contribution in [0.1, 0.15) is 29.7 Å². The van der Waals surface area contributed by atoms with E-state index in [9.17, 15) is 19.1 Å². The molecule has 0 saturated carbocycles. The van der Waals surface area contributed by atoms with E-state index >= 15 is 0 Å². The van der Waals surface area contributed by atoms with E-state index in [1.807, 2.05) is 4.90 Å². The molecule has 3 aromatic heterocycles. The molecule has 1 N–H and O–H groups in total. The molecule has 5 rings (SSSR count). The first-order chi connectivity index (χ1) is 16.4. The Labute approximate surface area is 202 Å². The summed E-state index contributed by atoms with van der Waals surface area (Å²) in [5.74, 6) is -0.773. The maximum atomic E-state index is 13.4. The summed E-state index contributed by atoms with van der Waals surface area (Å²) in [7, 11) is 0. The van der Waals surface area contributed by atoms with Crippen LogP contribution in [0.15, 0.2) is 41.6 Å². The highest BCUT2D eigenvalue weighted by molar-refractivity contribution is 7.15. The Morgan fingerprint density at radius 1 is 1.21 bits per heavy atom. The van der Waals surface area contributed by atoms with Crippen LogP contribution in [0, 0.1) is 5.82 Å². The van der Waals surface area contributed by atoms with E-state index in [1.165, 1.54) is 28.0 Å². The Morgan fingerprint density at radius 3 is 2.76 bits per heavy atom. The van der Waals surface area contributed by atoms with Gasteiger partial charge in [-0.3, -0.25) is 9.59 Å². The maximum Gasteiger partial charge on any atom is 0.302 e. The van der Waals surface area contributed by atoms with Crippen LogP contribution in [0.3, 0.4) is 0 Å². The molecule has 0 radical (unpaired) electrons. The van der Waals surface area contributed by atoms with E-state index in [-0.39, 0.29) is 28.9 Å². The van der Waals surface area contributed by atoms with Gasteiger partial charge in [-0.1, -0.05) is 17.7 Å². The molecule has 1 aliphatic rings. The number of carbonyl (C=O) groups is 1. The van der Waals surface area contributed by atoms with Crippen LogP contribution < -0.4 is 5.56 Å². The summed E-state index contributed by atoms with van der Waals surface area (Å²) < 4.78 is 16.3. The van der Waals surface area contributed by atoms with E-state index in [0.29, 0.717) is 11.4 Å². The highest BCUT2D eigenvalue weighted by atomic mass is 35.5. The van der Waals surface area contributed by atoms with Gasteiger partial charge in [0, 0.05) is 43.0 Å². The molecule has 176 valence electrons. The predicted octanol–water partition coefficient (Wildman–Crippen LogP) is 3.72. The average molecular weight is 502 g/mol. The Bertz CT molecular complexity index is 1440. The van der Waals surface area contributed by atoms with Crippen LogP contribution in [0.25, 0.3) is 16.5 Å². The van der Waals surface area contributed by atoms with E-state index in [0.717, 1.165) is 42.8 Å². The largest absolute Gasteiger partial charge is 0.501 e. The minimum Gasteiger partial charge on any atom is -0.501 e. The molecule has 34 heavy (non-hydrogen) atoms. The van der Waals surface area contributed by atoms with Crippen molar-refractivity contribution in [2.75, 3.05) is 13.1 Å². The molecule has 8 nitrogen and oxygen atoms in total. The number of piperidine rings is 1. The van der Waals surface area contributed by atoms with Gasteiger partial charge in [0.1, 0.15) is 17.4 Å². The molecule has 0 aliphatic carbocycles. The lowest BCUT2D eigenvalue weighted by Crippen LogP contribution is -2.37. The van der Waals surface area contributed by atoms with Crippen LogP contribution in [0.5, 0.6) is 5.75 Å². The van der Waals surface area contributed by atoms with Gasteiger partial charge in [-0.05, 0) is 37.0 Å². The SMILES string of the molecule is O=C(Cn1ccn2c(=O)c(O)c(-c3ncc(Cc4ccc(F)c(Cl)c4)s3)nc12)N1CCCCC1. The summed E-state index contributed by atoms with van der Waals surface area (Å²) in [5.41, 5.74) is 0.231. The first kappa shape index (κ1) is 22.5. The number of carbonyl (C=O) groups excluding carboxylic acids is 1. The smallest absolute Gasteiger partial charge is 0.302 e. The number of aromatic hydroxyl groups is 1. The molecule has 0 unspecified atom stereocenters. The first-order valence-electron chi connectivity index (χ1n) is 10.9. The fraction of sp³-hybridized carbons (Fsp3) is 0.304. The summed E-state index contributed by atoms with van der Waals surface area (Å²) in [6.45, 7) is 1.53. The van der Waals surface area contributed by atoms with Crippen molar-refractivity contribution in [3.05, 3.63) is 68.4 Å². The average Bonchev–Trinajstić information content (AvgIpc) is 3.46. The van der Waals surface area contributed by atoms with Gasteiger partial charge in [-0.15, -0.1) is 11.3 Å². The van der Waals surface area contributed by atoms with Gasteiger partial charge in [0.15, 0.2) is 5.69 Å². The topological polar surface area (TPSA) is 92.7 Å². The number of rotatable bonds is 5. The zero-order valence-corrected chi connectivity index (χ0v) is 19.7. The standard InChI is InChI=1S/C23H21ClFN5O3S/c24-16-11-14(4-5-17(16)25)10-15-12-26-21(34-15)19-20(32)22(33)30-9-8-29(23(30)27-19)13-18(31)28-6-2-1-3-7-28/h4-5,8-9,11-12,32H,1-3,6-7,10,13H2. The molecule has 0 atom stereocenters. The van der Waals surface area contributed by atoms with Crippen molar-refractivity contribution in [1.29, 1.82) is 0 Å². The number of halogens is 2. The lowest BCUT2D eigenvalue weighted by Gasteiger charge is -2.26. The van der Waals surface area contributed by atoms with Crippen molar-refractivity contribution in [1.82, 2.24) is 23.8 Å². The number of thiazole rings is 1. The van der Waals surface area contributed by atoms with E-state index in [4.69, 9.17) is 11.6 Å². The Hall–Kier alpha value is -3.24. The summed E-state index contributed by atoms with van der Waals surface area (Å²) in [4.78, 5) is 37.0. The molecule has 1 saturated heterocycles. The molecular weight excluding hydrogens is 481 g/mol. The Balaban J connectivity index is 1.45. The molecule has 4 aromatic rings. The van der Waals surface area contributed by atoms with Crippen molar-refractivity contribution >= 4 is 34.6 Å². The van der Waals surface area contributed by atoms with Crippen LogP contribution in [-0.4, -0.2) is 47.9 Å². The number of nitrogens with zero attached hydrogens (tertiary/aromatic N) is 5. The summed E-state index contributed by atoms with van der Waals surface area (Å²) in [6, 6.07) is 4.50. The normalized spacial score (nSPS) is 14.1. The van der Waals surface area contributed by atoms with Gasteiger partial charge in [-0.25, -0.2) is 18.8 Å². The Morgan fingerprint density at radius 2 is 2.00 bits per heavy atom. The fourth-order valence-electron chi connectivity index (χ4n) is 4.07. The van der Waals surface area contributed by atoms with Crippen molar-refractivity contribution in [2.45, 2.75) is 32.2 Å². The molecule has 1 fully saturated rings. The fourth-order valence-corrected chi connectivity index (χ4v) is 5.21. The lowest BCUT2D eigenvalue weighted by molar-refractivity contribution is -0.132. The number of fused-ring (bicyclic) bond motifs is 1. The van der Waals surface area contributed by atoms with Crippen molar-refractivity contribution in [2.24, 2.45) is 0 Å². The highest BCUT2D eigenvalue weighted by Gasteiger charge is 2.21. The third-order valence-corrected chi connectivity index (χ3v) is 7.15. The van der Waals surface area contributed by atoms with Gasteiger partial charge in [0.05, 0.1) is 5.02 Å². The van der Waals surface area contributed by atoms with Crippen molar-refractivity contribution in [3.8, 4) is 16.5 Å². The van der Waals surface area contributed by atoms with E-state index < -0.39 is 17.1 Å².